The monoisotopic (exact) mass is 576 g/mol. The Morgan fingerprint density at radius 1 is 1.00 bits per heavy atom. The summed E-state index contributed by atoms with van der Waals surface area (Å²) in [6.07, 6.45) is 0.512. The average Bonchev–Trinajstić information content (AvgIpc) is 3.39. The molecule has 4 aromatic rings. The van der Waals surface area contributed by atoms with Crippen LogP contribution in [0.15, 0.2) is 84.9 Å². The lowest BCUT2D eigenvalue weighted by Gasteiger charge is -2.22. The molecule has 40 heavy (non-hydrogen) atoms. The zero-order valence-corrected chi connectivity index (χ0v) is 23.2. The van der Waals surface area contributed by atoms with Crippen LogP contribution >= 0.6 is 22.9 Å². The lowest BCUT2D eigenvalue weighted by Crippen LogP contribution is -2.43. The van der Waals surface area contributed by atoms with Crippen molar-refractivity contribution < 1.29 is 23.6 Å². The Balaban J connectivity index is 1.32. The van der Waals surface area contributed by atoms with E-state index in [1.165, 1.54) is 23.5 Å². The Bertz CT molecular complexity index is 1530. The number of hydrogen-bond donors (Lipinski definition) is 1. The number of carbonyl (C=O) groups excluding carboxylic acids is 2. The molecule has 6 nitrogen and oxygen atoms in total. The SMILES string of the molecule is C[C@H](C#Cc1ccc(Cc2ccc(F)cc2)s1)N(OC(=O)Cc1ccc(OCc2ccccc2)c(Cl)c1)C(N)=O. The standard InChI is InChI=1S/C31H26ClFN2O4S/c1-21(7-13-26-14-15-27(40-26)17-22-8-11-25(33)12-9-22)35(31(34)37)39-30(36)19-24-10-16-29(28(32)18-24)38-20-23-5-3-2-4-6-23/h2-6,8-12,14-16,18,21H,17,19-20H2,1H3,(H2,34,37)/t21-/m1/s1. The van der Waals surface area contributed by atoms with Crippen LogP contribution in [0.25, 0.3) is 0 Å². The molecule has 3 aromatic carbocycles. The van der Waals surface area contributed by atoms with Gasteiger partial charge in [-0.05, 0) is 60.0 Å². The number of ether oxygens (including phenoxy) is 1. The number of hydrogen-bond acceptors (Lipinski definition) is 5. The molecule has 0 saturated carbocycles. The number of hydroxylamine groups is 2. The summed E-state index contributed by atoms with van der Waals surface area (Å²) in [5.41, 5.74) is 8.02. The van der Waals surface area contributed by atoms with Crippen molar-refractivity contribution in [2.75, 3.05) is 0 Å². The predicted octanol–water partition coefficient (Wildman–Crippen LogP) is 6.53. The first-order valence-corrected chi connectivity index (χ1v) is 13.6. The molecule has 0 fully saturated rings. The van der Waals surface area contributed by atoms with Crippen molar-refractivity contribution in [1.82, 2.24) is 5.06 Å². The third-order valence-corrected chi connectivity index (χ3v) is 7.00. The minimum Gasteiger partial charge on any atom is -0.487 e. The summed E-state index contributed by atoms with van der Waals surface area (Å²) in [7, 11) is 0. The number of primary amides is 1. The van der Waals surface area contributed by atoms with Gasteiger partial charge in [0.05, 0.1) is 16.3 Å². The van der Waals surface area contributed by atoms with Gasteiger partial charge in [-0.25, -0.2) is 14.0 Å². The van der Waals surface area contributed by atoms with Crippen LogP contribution < -0.4 is 10.5 Å². The molecule has 0 aliphatic rings. The molecule has 0 aliphatic heterocycles. The van der Waals surface area contributed by atoms with Crippen molar-refractivity contribution in [1.29, 1.82) is 0 Å². The highest BCUT2D eigenvalue weighted by atomic mass is 35.5. The maximum absolute atomic E-state index is 13.1. The summed E-state index contributed by atoms with van der Waals surface area (Å²) in [6.45, 7) is 1.96. The molecule has 4 rings (SSSR count). The lowest BCUT2D eigenvalue weighted by molar-refractivity contribution is -0.178. The molecule has 1 aromatic heterocycles. The number of rotatable bonds is 8. The fraction of sp³-hybridized carbons (Fsp3) is 0.161. The van der Waals surface area contributed by atoms with Gasteiger partial charge < -0.3 is 15.3 Å². The summed E-state index contributed by atoms with van der Waals surface area (Å²) >= 11 is 7.83. The summed E-state index contributed by atoms with van der Waals surface area (Å²) in [4.78, 5) is 31.7. The van der Waals surface area contributed by atoms with Gasteiger partial charge in [-0.15, -0.1) is 16.4 Å². The van der Waals surface area contributed by atoms with E-state index in [0.717, 1.165) is 25.9 Å². The van der Waals surface area contributed by atoms with E-state index in [9.17, 15) is 14.0 Å². The molecule has 0 bridgehead atoms. The van der Waals surface area contributed by atoms with Crippen LogP contribution in [0.3, 0.4) is 0 Å². The van der Waals surface area contributed by atoms with Gasteiger partial charge in [0.15, 0.2) is 0 Å². The predicted molar refractivity (Wildman–Crippen MR) is 153 cm³/mol. The van der Waals surface area contributed by atoms with E-state index in [2.05, 4.69) is 11.8 Å². The minimum atomic E-state index is -0.943. The van der Waals surface area contributed by atoms with E-state index in [0.29, 0.717) is 29.4 Å². The van der Waals surface area contributed by atoms with Crippen LogP contribution in [0.2, 0.25) is 5.02 Å². The molecule has 2 N–H and O–H groups in total. The summed E-state index contributed by atoms with van der Waals surface area (Å²) < 4.78 is 18.9. The zero-order valence-electron chi connectivity index (χ0n) is 21.6. The normalized spacial score (nSPS) is 11.2. The van der Waals surface area contributed by atoms with E-state index in [1.54, 1.807) is 37.3 Å². The van der Waals surface area contributed by atoms with Crippen molar-refractivity contribution in [3.05, 3.63) is 122 Å². The molecule has 9 heteroatoms. The zero-order chi connectivity index (χ0) is 28.5. The van der Waals surface area contributed by atoms with Crippen LogP contribution in [-0.2, 0) is 29.1 Å². The van der Waals surface area contributed by atoms with Gasteiger partial charge in [0, 0.05) is 11.3 Å². The lowest BCUT2D eigenvalue weighted by atomic mass is 10.1. The molecule has 0 radical (unpaired) electrons. The van der Waals surface area contributed by atoms with Gasteiger partial charge in [-0.2, -0.15) is 0 Å². The van der Waals surface area contributed by atoms with Gasteiger partial charge in [0.1, 0.15) is 24.2 Å². The van der Waals surface area contributed by atoms with Crippen LogP contribution in [0, 0.1) is 17.7 Å². The number of nitrogens with two attached hydrogens (primary N) is 1. The molecule has 2 amide bonds. The third-order valence-electron chi connectivity index (χ3n) is 5.71. The molecule has 204 valence electrons. The van der Waals surface area contributed by atoms with Gasteiger partial charge in [-0.1, -0.05) is 72.0 Å². The quantitative estimate of drug-likeness (QED) is 0.191. The van der Waals surface area contributed by atoms with Gasteiger partial charge in [0.25, 0.3) is 0 Å². The first kappa shape index (κ1) is 28.7. The summed E-state index contributed by atoms with van der Waals surface area (Å²) in [6, 6.07) is 23.1. The second-order valence-corrected chi connectivity index (χ2v) is 10.4. The van der Waals surface area contributed by atoms with Crippen molar-refractivity contribution in [3.63, 3.8) is 0 Å². The fourth-order valence-electron chi connectivity index (χ4n) is 3.71. The number of amides is 2. The van der Waals surface area contributed by atoms with Crippen LogP contribution in [0.1, 0.15) is 33.4 Å². The van der Waals surface area contributed by atoms with Gasteiger partial charge in [0.2, 0.25) is 0 Å². The van der Waals surface area contributed by atoms with E-state index >= 15 is 0 Å². The molecule has 1 heterocycles. The average molecular weight is 577 g/mol. The second-order valence-electron chi connectivity index (χ2n) is 8.86. The smallest absolute Gasteiger partial charge is 0.349 e. The van der Waals surface area contributed by atoms with Gasteiger partial charge >= 0.3 is 12.0 Å². The third kappa shape index (κ3) is 8.34. The number of carbonyl (C=O) groups is 2. The van der Waals surface area contributed by atoms with Crippen molar-refractivity contribution in [2.24, 2.45) is 5.73 Å². The Kier molecular flexibility index (Phi) is 9.79. The molecule has 0 unspecified atom stereocenters. The highest BCUT2D eigenvalue weighted by Gasteiger charge is 2.22. The molecular weight excluding hydrogens is 551 g/mol. The van der Waals surface area contributed by atoms with Crippen molar-refractivity contribution >= 4 is 34.9 Å². The highest BCUT2D eigenvalue weighted by Crippen LogP contribution is 2.27. The first-order chi connectivity index (χ1) is 19.3. The number of urea groups is 1. The van der Waals surface area contributed by atoms with E-state index in [1.807, 2.05) is 42.5 Å². The molecule has 1 atom stereocenters. The Morgan fingerprint density at radius 3 is 2.42 bits per heavy atom. The largest absolute Gasteiger partial charge is 0.487 e. The Hall–Kier alpha value is -4.32. The maximum atomic E-state index is 13.1. The van der Waals surface area contributed by atoms with Crippen molar-refractivity contribution in [3.8, 4) is 17.6 Å². The first-order valence-electron chi connectivity index (χ1n) is 12.4. The minimum absolute atomic E-state index is 0.139. The highest BCUT2D eigenvalue weighted by molar-refractivity contribution is 7.12. The Labute approximate surface area is 241 Å². The molecular formula is C31H26ClFN2O4S. The molecule has 0 spiro atoms. The van der Waals surface area contributed by atoms with Crippen molar-refractivity contribution in [2.45, 2.75) is 32.4 Å². The fourth-order valence-corrected chi connectivity index (χ4v) is 4.87. The summed E-state index contributed by atoms with van der Waals surface area (Å²) in [5, 5.41) is 1.10. The van der Waals surface area contributed by atoms with Crippen LogP contribution in [0.4, 0.5) is 9.18 Å². The number of benzene rings is 3. The number of halogens is 2. The number of thiophene rings is 1. The molecule has 0 aliphatic carbocycles. The van der Waals surface area contributed by atoms with E-state index in [-0.39, 0.29) is 12.2 Å². The summed E-state index contributed by atoms with van der Waals surface area (Å²) in [5.74, 6) is 5.41. The Morgan fingerprint density at radius 2 is 1.73 bits per heavy atom. The van der Waals surface area contributed by atoms with E-state index < -0.39 is 18.0 Å². The maximum Gasteiger partial charge on any atom is 0.349 e. The molecule has 0 saturated heterocycles. The van der Waals surface area contributed by atoms with E-state index in [4.69, 9.17) is 26.9 Å². The number of nitrogens with zero attached hydrogens (tertiary/aromatic N) is 1. The van der Waals surface area contributed by atoms with Gasteiger partial charge in [-0.3, -0.25) is 0 Å². The van der Waals surface area contributed by atoms with Crippen LogP contribution in [-0.4, -0.2) is 23.1 Å². The second kappa shape index (κ2) is 13.7. The van der Waals surface area contributed by atoms with Crippen LogP contribution in [0.5, 0.6) is 5.75 Å². The topological polar surface area (TPSA) is 81.9 Å².